The molecule has 0 saturated carbocycles. The topological polar surface area (TPSA) is 152 Å². The van der Waals surface area contributed by atoms with Crippen LogP contribution in [0.2, 0.25) is 0 Å². The van der Waals surface area contributed by atoms with Gasteiger partial charge in [0.15, 0.2) is 11.5 Å². The number of nitrogens with one attached hydrogen (secondary N) is 3. The second-order valence-electron chi connectivity index (χ2n) is 5.70. The first-order valence-electron chi connectivity index (χ1n) is 8.13. The van der Waals surface area contributed by atoms with Crippen LogP contribution in [-0.4, -0.2) is 43.6 Å². The second-order valence-corrected chi connectivity index (χ2v) is 5.70. The summed E-state index contributed by atoms with van der Waals surface area (Å²) in [6, 6.07) is 6.58. The molecule has 0 saturated heterocycles. The van der Waals surface area contributed by atoms with Crippen molar-refractivity contribution in [3.63, 3.8) is 0 Å². The molecule has 0 aliphatic rings. The maximum absolute atomic E-state index is 12.6. The fraction of sp³-hybridized carbons (Fsp3) is 0.118. The van der Waals surface area contributed by atoms with Crippen molar-refractivity contribution in [2.24, 2.45) is 0 Å². The quantitative estimate of drug-likeness (QED) is 0.382. The van der Waals surface area contributed by atoms with Crippen LogP contribution in [0.15, 0.2) is 30.6 Å². The zero-order valence-corrected chi connectivity index (χ0v) is 15.5. The first-order chi connectivity index (χ1) is 13.1. The summed E-state index contributed by atoms with van der Waals surface area (Å²) < 4.78 is 4.97. The molecule has 1 aromatic carbocycles. The molecule has 11 heteroatoms. The fourth-order valence-electron chi connectivity index (χ4n) is 2.69. The Morgan fingerprint density at radius 3 is 2.89 bits per heavy atom. The van der Waals surface area contributed by atoms with Crippen LogP contribution in [0.3, 0.4) is 0 Å². The number of hydrogen-bond acceptors (Lipinski definition) is 7. The number of aromatic amines is 2. The summed E-state index contributed by atoms with van der Waals surface area (Å²) in [6.07, 6.45) is 1.56. The minimum atomic E-state index is -0.590. The number of hydrogen-bond donors (Lipinski definition) is 4. The van der Waals surface area contributed by atoms with Gasteiger partial charge >= 0.3 is 5.97 Å². The number of nitrogens with two attached hydrogens (primary N) is 1. The fourth-order valence-corrected chi connectivity index (χ4v) is 2.69. The van der Waals surface area contributed by atoms with Crippen LogP contribution in [0.25, 0.3) is 22.1 Å². The van der Waals surface area contributed by atoms with Crippen molar-refractivity contribution in [1.29, 1.82) is 0 Å². The van der Waals surface area contributed by atoms with Crippen LogP contribution in [0.1, 0.15) is 27.6 Å². The third kappa shape index (κ3) is 3.32. The SMILES string of the molecule is CCOC(=O)c1cc2c(NC(=O)c3ccc4nc[nH]c4c3)n[nH]c2nc1N.Cl. The molecule has 0 bridgehead atoms. The zero-order valence-electron chi connectivity index (χ0n) is 14.6. The van der Waals surface area contributed by atoms with E-state index < -0.39 is 5.97 Å². The van der Waals surface area contributed by atoms with Gasteiger partial charge in [-0.15, -0.1) is 12.4 Å². The van der Waals surface area contributed by atoms with Crippen LogP contribution in [0.4, 0.5) is 11.6 Å². The van der Waals surface area contributed by atoms with Gasteiger partial charge in [0.25, 0.3) is 5.91 Å². The van der Waals surface area contributed by atoms with Gasteiger partial charge in [0, 0.05) is 5.56 Å². The van der Waals surface area contributed by atoms with Crippen molar-refractivity contribution in [1.82, 2.24) is 25.1 Å². The van der Waals surface area contributed by atoms with E-state index in [-0.39, 0.29) is 42.1 Å². The molecule has 5 N–H and O–H groups in total. The molecule has 0 spiro atoms. The number of H-pyrrole nitrogens is 2. The minimum absolute atomic E-state index is 0. The van der Waals surface area contributed by atoms with Gasteiger partial charge in [-0.1, -0.05) is 0 Å². The summed E-state index contributed by atoms with van der Waals surface area (Å²) in [5, 5.41) is 9.89. The standard InChI is InChI=1S/C17H15N7O3.ClH/c1-2-27-17(26)9-6-10-14(21-13(9)18)23-24-15(10)22-16(25)8-3-4-11-12(5-8)20-7-19-11;/h3-7H,2H2,1H3,(H,19,20)(H4,18,21,22,23,24,25);1H. The Hall–Kier alpha value is -3.66. The van der Waals surface area contributed by atoms with Gasteiger partial charge in [-0.25, -0.2) is 14.8 Å². The number of ether oxygens (including phenoxy) is 1. The van der Waals surface area contributed by atoms with Crippen LogP contribution in [0.5, 0.6) is 0 Å². The monoisotopic (exact) mass is 401 g/mol. The summed E-state index contributed by atoms with van der Waals surface area (Å²) >= 11 is 0. The molecule has 10 nitrogen and oxygen atoms in total. The molecule has 0 aliphatic carbocycles. The number of nitrogens with zero attached hydrogens (tertiary/aromatic N) is 3. The highest BCUT2D eigenvalue weighted by molar-refractivity contribution is 6.09. The lowest BCUT2D eigenvalue weighted by Crippen LogP contribution is -2.13. The Balaban J connectivity index is 0.00000225. The third-order valence-corrected chi connectivity index (χ3v) is 3.99. The number of amides is 1. The molecule has 3 aromatic heterocycles. The Labute approximate surface area is 164 Å². The number of pyridine rings is 1. The molecule has 0 radical (unpaired) electrons. The number of esters is 1. The van der Waals surface area contributed by atoms with Crippen LogP contribution in [-0.2, 0) is 4.74 Å². The molecule has 1 amide bonds. The van der Waals surface area contributed by atoms with Gasteiger partial charge in [0.05, 0.1) is 29.4 Å². The summed E-state index contributed by atoms with van der Waals surface area (Å²) in [5.41, 5.74) is 8.20. The van der Waals surface area contributed by atoms with Gasteiger partial charge < -0.3 is 20.8 Å². The molecule has 4 aromatic rings. The summed E-state index contributed by atoms with van der Waals surface area (Å²) in [5.74, 6) is -0.702. The highest BCUT2D eigenvalue weighted by Crippen LogP contribution is 2.24. The molecular weight excluding hydrogens is 386 g/mol. The first-order valence-corrected chi connectivity index (χ1v) is 8.13. The Morgan fingerprint density at radius 1 is 1.29 bits per heavy atom. The molecule has 144 valence electrons. The lowest BCUT2D eigenvalue weighted by molar-refractivity contribution is 0.0527. The van der Waals surface area contributed by atoms with Crippen LogP contribution in [0, 0.1) is 0 Å². The van der Waals surface area contributed by atoms with Crippen LogP contribution < -0.4 is 11.1 Å². The largest absolute Gasteiger partial charge is 0.462 e. The van der Waals surface area contributed by atoms with Crippen molar-refractivity contribution in [3.05, 3.63) is 41.7 Å². The summed E-state index contributed by atoms with van der Waals surface area (Å²) in [7, 11) is 0. The molecule has 4 rings (SSSR count). The average Bonchev–Trinajstić information content (AvgIpc) is 3.27. The van der Waals surface area contributed by atoms with Crippen molar-refractivity contribution in [2.45, 2.75) is 6.92 Å². The van der Waals surface area contributed by atoms with Gasteiger partial charge in [-0.05, 0) is 31.2 Å². The van der Waals surface area contributed by atoms with Crippen molar-refractivity contribution < 1.29 is 14.3 Å². The van der Waals surface area contributed by atoms with E-state index in [1.54, 1.807) is 31.5 Å². The number of anilines is 2. The number of carbonyl (C=O) groups is 2. The number of benzene rings is 1. The van der Waals surface area contributed by atoms with E-state index in [0.29, 0.717) is 16.6 Å². The zero-order chi connectivity index (χ0) is 19.0. The average molecular weight is 402 g/mol. The van der Waals surface area contributed by atoms with Crippen molar-refractivity contribution in [3.8, 4) is 0 Å². The first kappa shape index (κ1) is 19.1. The van der Waals surface area contributed by atoms with Crippen LogP contribution >= 0.6 is 12.4 Å². The number of rotatable bonds is 4. The number of fused-ring (bicyclic) bond motifs is 2. The highest BCUT2D eigenvalue weighted by atomic mass is 35.5. The van der Waals surface area contributed by atoms with E-state index in [1.807, 2.05) is 0 Å². The third-order valence-electron chi connectivity index (χ3n) is 3.99. The lowest BCUT2D eigenvalue weighted by Gasteiger charge is -2.06. The molecule has 3 heterocycles. The predicted octanol–water partition coefficient (Wildman–Crippen LogP) is 2.27. The molecule has 0 aliphatic heterocycles. The van der Waals surface area contributed by atoms with E-state index in [9.17, 15) is 9.59 Å². The van der Waals surface area contributed by atoms with E-state index in [4.69, 9.17) is 10.5 Å². The molecular formula is C17H16ClN7O3. The Bertz CT molecular complexity index is 1180. The van der Waals surface area contributed by atoms with E-state index in [1.165, 1.54) is 6.07 Å². The molecule has 0 unspecified atom stereocenters. The normalized spacial score (nSPS) is 10.6. The maximum atomic E-state index is 12.6. The number of nitrogen functional groups attached to an aromatic ring is 1. The van der Waals surface area contributed by atoms with Gasteiger partial charge in [0.1, 0.15) is 11.4 Å². The maximum Gasteiger partial charge on any atom is 0.341 e. The minimum Gasteiger partial charge on any atom is -0.462 e. The second kappa shape index (κ2) is 7.53. The molecule has 28 heavy (non-hydrogen) atoms. The van der Waals surface area contributed by atoms with Gasteiger partial charge in [-0.3, -0.25) is 9.89 Å². The number of imidazole rings is 1. The van der Waals surface area contributed by atoms with Gasteiger partial charge in [0.2, 0.25) is 0 Å². The van der Waals surface area contributed by atoms with Crippen molar-refractivity contribution in [2.75, 3.05) is 17.7 Å². The highest BCUT2D eigenvalue weighted by Gasteiger charge is 2.18. The Kier molecular flexibility index (Phi) is 5.14. The van der Waals surface area contributed by atoms with E-state index in [0.717, 1.165) is 11.0 Å². The number of aromatic nitrogens is 5. The Morgan fingerprint density at radius 2 is 2.11 bits per heavy atom. The number of halogens is 1. The van der Waals surface area contributed by atoms with E-state index in [2.05, 4.69) is 30.5 Å². The van der Waals surface area contributed by atoms with E-state index >= 15 is 0 Å². The summed E-state index contributed by atoms with van der Waals surface area (Å²) in [6.45, 7) is 1.90. The predicted molar refractivity (Wildman–Crippen MR) is 106 cm³/mol. The van der Waals surface area contributed by atoms with Gasteiger partial charge in [-0.2, -0.15) is 5.10 Å². The van der Waals surface area contributed by atoms with Crippen molar-refractivity contribution >= 4 is 58.0 Å². The number of carbonyl (C=O) groups excluding carboxylic acids is 2. The summed E-state index contributed by atoms with van der Waals surface area (Å²) in [4.78, 5) is 35.8. The molecule has 0 atom stereocenters. The lowest BCUT2D eigenvalue weighted by atomic mass is 10.1. The smallest absolute Gasteiger partial charge is 0.341 e. The molecule has 0 fully saturated rings.